The number of ether oxygens (including phenoxy) is 2. The zero-order chi connectivity index (χ0) is 18.3. The first kappa shape index (κ1) is 19.0. The van der Waals surface area contributed by atoms with E-state index < -0.39 is 16.1 Å². The number of rotatable bonds is 8. The molecule has 0 saturated heterocycles. The molecule has 0 radical (unpaired) electrons. The molecule has 134 valence electrons. The molecule has 0 saturated carbocycles. The largest absolute Gasteiger partial charge is 0.493 e. The summed E-state index contributed by atoms with van der Waals surface area (Å²) in [5.41, 5.74) is 1.29. The molecule has 0 aromatic heterocycles. The van der Waals surface area contributed by atoms with Gasteiger partial charge >= 0.3 is 0 Å². The molecule has 0 bridgehead atoms. The van der Waals surface area contributed by atoms with Gasteiger partial charge in [0.2, 0.25) is 10.0 Å². The summed E-state index contributed by atoms with van der Waals surface area (Å²) in [7, 11) is -0.652. The maximum atomic E-state index is 12.0. The molecule has 2 N–H and O–H groups in total. The van der Waals surface area contributed by atoms with Crippen LogP contribution in [0.15, 0.2) is 53.9 Å². The summed E-state index contributed by atoms with van der Waals surface area (Å²) < 4.78 is 36.7. The van der Waals surface area contributed by atoms with Gasteiger partial charge in [0, 0.05) is 12.0 Å². The molecule has 0 aliphatic heterocycles. The zero-order valence-corrected chi connectivity index (χ0v) is 14.9. The highest BCUT2D eigenvalue weighted by molar-refractivity contribution is 7.92. The third-order valence-corrected chi connectivity index (χ3v) is 4.57. The molecule has 0 aliphatic rings. The lowest BCUT2D eigenvalue weighted by Gasteiger charge is -2.14. The Morgan fingerprint density at radius 2 is 1.76 bits per heavy atom. The van der Waals surface area contributed by atoms with E-state index in [0.717, 1.165) is 11.0 Å². The fourth-order valence-corrected chi connectivity index (χ4v) is 2.98. The highest BCUT2D eigenvalue weighted by Crippen LogP contribution is 2.29. The Balaban J connectivity index is 2.01. The summed E-state index contributed by atoms with van der Waals surface area (Å²) in [6.45, 7) is -0.156. The Morgan fingerprint density at radius 3 is 2.40 bits per heavy atom. The van der Waals surface area contributed by atoms with Crippen LogP contribution >= 0.6 is 0 Å². The van der Waals surface area contributed by atoms with Crippen molar-refractivity contribution in [1.29, 1.82) is 0 Å². The van der Waals surface area contributed by atoms with Crippen molar-refractivity contribution in [1.82, 2.24) is 4.72 Å². The Hall–Kier alpha value is -2.35. The second kappa shape index (κ2) is 8.66. The average molecular weight is 363 g/mol. The van der Waals surface area contributed by atoms with Crippen LogP contribution in [-0.4, -0.2) is 34.3 Å². The Morgan fingerprint density at radius 1 is 1.08 bits per heavy atom. The number of hydrogen-bond acceptors (Lipinski definition) is 5. The van der Waals surface area contributed by atoms with E-state index in [9.17, 15) is 13.5 Å². The van der Waals surface area contributed by atoms with Gasteiger partial charge in [0.1, 0.15) is 0 Å². The van der Waals surface area contributed by atoms with Crippen molar-refractivity contribution in [3.05, 3.63) is 65.1 Å². The van der Waals surface area contributed by atoms with Crippen molar-refractivity contribution in [3.63, 3.8) is 0 Å². The lowest BCUT2D eigenvalue weighted by Crippen LogP contribution is -2.26. The smallest absolute Gasteiger partial charge is 0.233 e. The van der Waals surface area contributed by atoms with Crippen LogP contribution in [0.4, 0.5) is 0 Å². The van der Waals surface area contributed by atoms with Crippen LogP contribution in [0.2, 0.25) is 0 Å². The minimum Gasteiger partial charge on any atom is -0.493 e. The molecule has 25 heavy (non-hydrogen) atoms. The summed E-state index contributed by atoms with van der Waals surface area (Å²) in [5.74, 6) is 0.996. The first-order valence-corrected chi connectivity index (χ1v) is 9.12. The van der Waals surface area contributed by atoms with E-state index in [0.29, 0.717) is 17.1 Å². The van der Waals surface area contributed by atoms with Crippen molar-refractivity contribution >= 4 is 16.1 Å². The van der Waals surface area contributed by atoms with Crippen molar-refractivity contribution in [2.45, 2.75) is 6.10 Å². The van der Waals surface area contributed by atoms with Gasteiger partial charge < -0.3 is 14.6 Å². The number of aliphatic hydroxyl groups excluding tert-OH is 1. The first-order valence-electron chi connectivity index (χ1n) is 7.58. The van der Waals surface area contributed by atoms with Crippen molar-refractivity contribution in [2.24, 2.45) is 0 Å². The quantitative estimate of drug-likeness (QED) is 0.752. The lowest BCUT2D eigenvalue weighted by molar-refractivity contribution is 0.181. The number of nitrogens with one attached hydrogen (secondary N) is 1. The van der Waals surface area contributed by atoms with Gasteiger partial charge in [-0.1, -0.05) is 36.4 Å². The molecule has 0 aliphatic carbocycles. The molecule has 6 nitrogen and oxygen atoms in total. The van der Waals surface area contributed by atoms with E-state index in [1.54, 1.807) is 30.3 Å². The van der Waals surface area contributed by atoms with Crippen LogP contribution in [0.25, 0.3) is 6.08 Å². The van der Waals surface area contributed by atoms with Crippen molar-refractivity contribution in [3.8, 4) is 11.5 Å². The molecule has 0 spiro atoms. The van der Waals surface area contributed by atoms with Crippen LogP contribution in [0.5, 0.6) is 11.5 Å². The van der Waals surface area contributed by atoms with Gasteiger partial charge in [-0.05, 0) is 29.3 Å². The first-order chi connectivity index (χ1) is 11.9. The third kappa shape index (κ3) is 5.60. The number of hydrogen-bond donors (Lipinski definition) is 2. The second-order valence-corrected chi connectivity index (χ2v) is 6.89. The van der Waals surface area contributed by atoms with Crippen molar-refractivity contribution < 1.29 is 23.0 Å². The average Bonchev–Trinajstić information content (AvgIpc) is 2.65. The normalized spacial score (nSPS) is 12.9. The lowest BCUT2D eigenvalue weighted by atomic mass is 10.1. The third-order valence-electron chi connectivity index (χ3n) is 3.51. The van der Waals surface area contributed by atoms with Crippen LogP contribution in [0, 0.1) is 0 Å². The summed E-state index contributed by atoms with van der Waals surface area (Å²) in [4.78, 5) is 0. The molecule has 1 atom stereocenters. The van der Waals surface area contributed by atoms with Gasteiger partial charge in [-0.15, -0.1) is 0 Å². The predicted octanol–water partition coefficient (Wildman–Crippen LogP) is 2.33. The fraction of sp³-hybridized carbons (Fsp3) is 0.222. The van der Waals surface area contributed by atoms with Crippen LogP contribution < -0.4 is 14.2 Å². The molecule has 2 aromatic carbocycles. The van der Waals surface area contributed by atoms with Gasteiger partial charge in [0.25, 0.3) is 0 Å². The topological polar surface area (TPSA) is 84.9 Å². The number of benzene rings is 2. The van der Waals surface area contributed by atoms with E-state index >= 15 is 0 Å². The summed E-state index contributed by atoms with van der Waals surface area (Å²) >= 11 is 0. The molecular weight excluding hydrogens is 342 g/mol. The molecule has 7 heteroatoms. The Bertz CT molecular complexity index is 819. The maximum absolute atomic E-state index is 12.0. The zero-order valence-electron chi connectivity index (χ0n) is 14.0. The van der Waals surface area contributed by atoms with Gasteiger partial charge in [0.15, 0.2) is 11.5 Å². The monoisotopic (exact) mass is 363 g/mol. The van der Waals surface area contributed by atoms with E-state index in [1.807, 2.05) is 18.2 Å². The Kier molecular flexibility index (Phi) is 6.58. The minimum atomic E-state index is -3.66. The maximum Gasteiger partial charge on any atom is 0.233 e. The molecule has 2 aromatic rings. The van der Waals surface area contributed by atoms with Gasteiger partial charge in [-0.2, -0.15) is 0 Å². The van der Waals surface area contributed by atoms with E-state index in [4.69, 9.17) is 9.47 Å². The van der Waals surface area contributed by atoms with Crippen LogP contribution in [-0.2, 0) is 10.0 Å². The van der Waals surface area contributed by atoms with E-state index in [2.05, 4.69) is 4.72 Å². The van der Waals surface area contributed by atoms with E-state index in [1.165, 1.54) is 20.3 Å². The van der Waals surface area contributed by atoms with Gasteiger partial charge in [-0.3, -0.25) is 0 Å². The number of sulfonamides is 1. The van der Waals surface area contributed by atoms with E-state index in [-0.39, 0.29) is 6.54 Å². The van der Waals surface area contributed by atoms with Crippen LogP contribution in [0.1, 0.15) is 17.2 Å². The minimum absolute atomic E-state index is 0.156. The van der Waals surface area contributed by atoms with Crippen LogP contribution in [0.3, 0.4) is 0 Å². The number of methoxy groups -OCH3 is 2. The molecule has 2 rings (SSSR count). The molecule has 0 amide bonds. The Labute approximate surface area is 147 Å². The number of aliphatic hydroxyl groups is 1. The molecule has 0 fully saturated rings. The summed E-state index contributed by atoms with van der Waals surface area (Å²) in [5, 5.41) is 11.3. The second-order valence-electron chi connectivity index (χ2n) is 5.24. The SMILES string of the molecule is COc1ccc(C(O)CNS(=O)(=O)/C=C/c2ccccc2)cc1OC. The molecular formula is C18H21NO5S. The standard InChI is InChI=1S/C18H21NO5S/c1-23-17-9-8-15(12-18(17)24-2)16(20)13-19-25(21,22)11-10-14-6-4-3-5-7-14/h3-12,16,19-20H,13H2,1-2H3/b11-10+. The fourth-order valence-electron chi connectivity index (χ4n) is 2.15. The molecule has 0 heterocycles. The summed E-state index contributed by atoms with van der Waals surface area (Å²) in [6, 6.07) is 14.0. The van der Waals surface area contributed by atoms with Gasteiger partial charge in [-0.25, -0.2) is 13.1 Å². The van der Waals surface area contributed by atoms with Crippen molar-refractivity contribution in [2.75, 3.05) is 20.8 Å². The predicted molar refractivity (Wildman–Crippen MR) is 96.9 cm³/mol. The van der Waals surface area contributed by atoms with Gasteiger partial charge in [0.05, 0.1) is 20.3 Å². The highest BCUT2D eigenvalue weighted by Gasteiger charge is 2.14. The molecule has 1 unspecified atom stereocenters. The highest BCUT2D eigenvalue weighted by atomic mass is 32.2. The summed E-state index contributed by atoms with van der Waals surface area (Å²) in [6.07, 6.45) is 0.477.